The SMILES string of the molecule is Cc1cc(C)cc(OCCOC(=O)C[C@H](NC(N)=O)c2ccc(Cl)cc2)c1. The summed E-state index contributed by atoms with van der Waals surface area (Å²) in [5.41, 5.74) is 8.11. The van der Waals surface area contributed by atoms with E-state index in [4.69, 9.17) is 26.8 Å². The molecule has 0 bridgehead atoms. The van der Waals surface area contributed by atoms with Crippen molar-refractivity contribution in [2.75, 3.05) is 13.2 Å². The molecule has 2 aromatic rings. The summed E-state index contributed by atoms with van der Waals surface area (Å²) in [7, 11) is 0. The number of urea groups is 1. The highest BCUT2D eigenvalue weighted by atomic mass is 35.5. The molecule has 0 radical (unpaired) electrons. The van der Waals surface area contributed by atoms with Crippen molar-refractivity contribution in [2.45, 2.75) is 26.3 Å². The number of halogens is 1. The number of primary amides is 1. The van der Waals surface area contributed by atoms with Crippen LogP contribution in [-0.2, 0) is 9.53 Å². The Morgan fingerprint density at radius 2 is 1.70 bits per heavy atom. The molecule has 2 amide bonds. The molecule has 0 aromatic heterocycles. The van der Waals surface area contributed by atoms with Crippen LogP contribution in [0.5, 0.6) is 5.75 Å². The molecule has 2 rings (SSSR count). The molecule has 7 heteroatoms. The van der Waals surface area contributed by atoms with Gasteiger partial charge in [0.25, 0.3) is 0 Å². The van der Waals surface area contributed by atoms with Crippen LogP contribution >= 0.6 is 11.6 Å². The zero-order valence-electron chi connectivity index (χ0n) is 15.3. The van der Waals surface area contributed by atoms with Crippen LogP contribution < -0.4 is 15.8 Å². The second kappa shape index (κ2) is 9.83. The topological polar surface area (TPSA) is 90.7 Å². The summed E-state index contributed by atoms with van der Waals surface area (Å²) < 4.78 is 10.8. The number of benzene rings is 2. The van der Waals surface area contributed by atoms with E-state index >= 15 is 0 Å². The molecule has 0 aliphatic heterocycles. The summed E-state index contributed by atoms with van der Waals surface area (Å²) in [4.78, 5) is 23.3. The molecular formula is C20H23ClN2O4. The molecular weight excluding hydrogens is 368 g/mol. The molecule has 0 unspecified atom stereocenters. The molecule has 2 aromatic carbocycles. The van der Waals surface area contributed by atoms with Crippen LogP contribution in [0.15, 0.2) is 42.5 Å². The maximum atomic E-state index is 12.1. The van der Waals surface area contributed by atoms with E-state index in [1.807, 2.05) is 26.0 Å². The monoisotopic (exact) mass is 390 g/mol. The molecule has 0 heterocycles. The fourth-order valence-electron chi connectivity index (χ4n) is 2.68. The Morgan fingerprint density at radius 1 is 1.07 bits per heavy atom. The van der Waals surface area contributed by atoms with Gasteiger partial charge in [-0.2, -0.15) is 0 Å². The molecule has 27 heavy (non-hydrogen) atoms. The summed E-state index contributed by atoms with van der Waals surface area (Å²) in [5, 5.41) is 3.10. The van der Waals surface area contributed by atoms with Crippen molar-refractivity contribution in [1.29, 1.82) is 0 Å². The van der Waals surface area contributed by atoms with Crippen LogP contribution in [0.1, 0.15) is 29.2 Å². The van der Waals surface area contributed by atoms with Crippen LogP contribution in [0.3, 0.4) is 0 Å². The number of amides is 2. The van der Waals surface area contributed by atoms with Gasteiger partial charge in [0.15, 0.2) is 0 Å². The molecule has 144 valence electrons. The predicted octanol–water partition coefficient (Wildman–Crippen LogP) is 3.68. The highest BCUT2D eigenvalue weighted by molar-refractivity contribution is 6.30. The third-order valence-electron chi connectivity index (χ3n) is 3.77. The van der Waals surface area contributed by atoms with Gasteiger partial charge in [0, 0.05) is 5.02 Å². The lowest BCUT2D eigenvalue weighted by Crippen LogP contribution is -2.34. The molecule has 0 aliphatic rings. The first-order valence-electron chi connectivity index (χ1n) is 8.51. The Balaban J connectivity index is 1.84. The average Bonchev–Trinajstić information content (AvgIpc) is 2.57. The molecule has 6 nitrogen and oxygen atoms in total. The highest BCUT2D eigenvalue weighted by Crippen LogP contribution is 2.20. The number of esters is 1. The first-order chi connectivity index (χ1) is 12.8. The van der Waals surface area contributed by atoms with Crippen molar-refractivity contribution in [3.8, 4) is 5.75 Å². The van der Waals surface area contributed by atoms with Gasteiger partial charge in [0.1, 0.15) is 19.0 Å². The number of carbonyl (C=O) groups is 2. The third kappa shape index (κ3) is 7.19. The van der Waals surface area contributed by atoms with Gasteiger partial charge in [-0.3, -0.25) is 4.79 Å². The summed E-state index contributed by atoms with van der Waals surface area (Å²) >= 11 is 5.86. The Bertz CT molecular complexity index is 773. The molecule has 0 saturated heterocycles. The first kappa shape index (κ1) is 20.6. The van der Waals surface area contributed by atoms with E-state index in [1.54, 1.807) is 24.3 Å². The lowest BCUT2D eigenvalue weighted by Gasteiger charge is -2.17. The number of nitrogens with two attached hydrogens (primary N) is 1. The summed E-state index contributed by atoms with van der Waals surface area (Å²) in [6.45, 7) is 4.32. The number of ether oxygens (including phenoxy) is 2. The van der Waals surface area contributed by atoms with Crippen molar-refractivity contribution in [1.82, 2.24) is 5.32 Å². The molecule has 0 spiro atoms. The zero-order valence-corrected chi connectivity index (χ0v) is 16.1. The third-order valence-corrected chi connectivity index (χ3v) is 4.02. The van der Waals surface area contributed by atoms with Crippen LogP contribution in [0.25, 0.3) is 0 Å². The maximum Gasteiger partial charge on any atom is 0.312 e. The second-order valence-corrected chi connectivity index (χ2v) is 6.65. The van der Waals surface area contributed by atoms with Gasteiger partial charge in [-0.1, -0.05) is 29.8 Å². The van der Waals surface area contributed by atoms with E-state index in [0.717, 1.165) is 16.9 Å². The van der Waals surface area contributed by atoms with Crippen molar-refractivity contribution in [2.24, 2.45) is 5.73 Å². The quantitative estimate of drug-likeness (QED) is 0.531. The van der Waals surface area contributed by atoms with Gasteiger partial charge in [0.2, 0.25) is 0 Å². The molecule has 3 N–H and O–H groups in total. The smallest absolute Gasteiger partial charge is 0.312 e. The van der Waals surface area contributed by atoms with Crippen LogP contribution in [-0.4, -0.2) is 25.2 Å². The fourth-order valence-corrected chi connectivity index (χ4v) is 2.80. The van der Waals surface area contributed by atoms with E-state index in [9.17, 15) is 9.59 Å². The minimum absolute atomic E-state index is 0.0475. The standard InChI is InChI=1S/C20H23ClN2O4/c1-13-9-14(2)11-17(10-13)26-7-8-27-19(24)12-18(23-20(22)25)15-3-5-16(21)6-4-15/h3-6,9-11,18H,7-8,12H2,1-2H3,(H3,22,23,25)/t18-/m0/s1. The minimum atomic E-state index is -0.721. The molecule has 1 atom stereocenters. The molecule has 0 aliphatic carbocycles. The van der Waals surface area contributed by atoms with Gasteiger partial charge in [-0.25, -0.2) is 4.79 Å². The number of rotatable bonds is 8. The van der Waals surface area contributed by atoms with Crippen molar-refractivity contribution in [3.63, 3.8) is 0 Å². The Morgan fingerprint density at radius 3 is 2.30 bits per heavy atom. The van der Waals surface area contributed by atoms with Gasteiger partial charge < -0.3 is 20.5 Å². The van der Waals surface area contributed by atoms with Crippen molar-refractivity contribution < 1.29 is 19.1 Å². The van der Waals surface area contributed by atoms with Crippen molar-refractivity contribution in [3.05, 3.63) is 64.2 Å². The lowest BCUT2D eigenvalue weighted by atomic mass is 10.0. The van der Waals surface area contributed by atoms with Crippen molar-refractivity contribution >= 4 is 23.6 Å². The van der Waals surface area contributed by atoms with Crippen LogP contribution in [0.4, 0.5) is 4.79 Å². The van der Waals surface area contributed by atoms with E-state index in [2.05, 4.69) is 11.4 Å². The number of nitrogens with one attached hydrogen (secondary N) is 1. The number of carbonyl (C=O) groups excluding carboxylic acids is 2. The Labute approximate surface area is 163 Å². The van der Waals surface area contributed by atoms with Crippen LogP contribution in [0.2, 0.25) is 5.02 Å². The first-order valence-corrected chi connectivity index (χ1v) is 8.89. The Kier molecular flexibility index (Phi) is 7.49. The lowest BCUT2D eigenvalue weighted by molar-refractivity contribution is -0.144. The predicted molar refractivity (Wildman–Crippen MR) is 104 cm³/mol. The highest BCUT2D eigenvalue weighted by Gasteiger charge is 2.18. The Hall–Kier alpha value is -2.73. The molecule has 0 saturated carbocycles. The van der Waals surface area contributed by atoms with E-state index in [-0.39, 0.29) is 19.6 Å². The maximum absolute atomic E-state index is 12.1. The fraction of sp³-hybridized carbons (Fsp3) is 0.300. The number of hydrogen-bond acceptors (Lipinski definition) is 4. The second-order valence-electron chi connectivity index (χ2n) is 6.21. The largest absolute Gasteiger partial charge is 0.490 e. The average molecular weight is 391 g/mol. The van der Waals surface area contributed by atoms with Gasteiger partial charge in [0.05, 0.1) is 12.5 Å². The summed E-state index contributed by atoms with van der Waals surface area (Å²) in [5.74, 6) is 0.269. The summed E-state index contributed by atoms with van der Waals surface area (Å²) in [6, 6.07) is 11.4. The normalized spacial score (nSPS) is 11.5. The van der Waals surface area contributed by atoms with Gasteiger partial charge in [-0.15, -0.1) is 0 Å². The number of aryl methyl sites for hydroxylation is 2. The zero-order chi connectivity index (χ0) is 19.8. The summed E-state index contributed by atoms with van der Waals surface area (Å²) in [6.07, 6.45) is -0.0475. The van der Waals surface area contributed by atoms with E-state index in [1.165, 1.54) is 0 Å². The van der Waals surface area contributed by atoms with Gasteiger partial charge >= 0.3 is 12.0 Å². The van der Waals surface area contributed by atoms with E-state index in [0.29, 0.717) is 10.6 Å². The molecule has 0 fully saturated rings. The number of hydrogen-bond donors (Lipinski definition) is 2. The minimum Gasteiger partial charge on any atom is -0.490 e. The van der Waals surface area contributed by atoms with Gasteiger partial charge in [-0.05, 0) is 54.8 Å². The van der Waals surface area contributed by atoms with Crippen LogP contribution in [0, 0.1) is 13.8 Å². The van der Waals surface area contributed by atoms with E-state index < -0.39 is 18.0 Å².